The van der Waals surface area contributed by atoms with Crippen LogP contribution in [-0.2, 0) is 0 Å². The zero-order chi connectivity index (χ0) is 37.1. The predicted octanol–water partition coefficient (Wildman–Crippen LogP) is 14.0. The van der Waals surface area contributed by atoms with Crippen molar-refractivity contribution in [1.29, 1.82) is 0 Å². The Morgan fingerprint density at radius 2 is 1.29 bits per heavy atom. The van der Waals surface area contributed by atoms with Gasteiger partial charge in [-0.05, 0) is 100 Å². The molecule has 2 heterocycles. The Balaban J connectivity index is 1.13. The Morgan fingerprint density at radius 3 is 2.11 bits per heavy atom. The third-order valence-electron chi connectivity index (χ3n) is 10.1. The monoisotopic (exact) mass is 708 g/mol. The normalized spacial score (nSPS) is 15.1. The summed E-state index contributed by atoms with van der Waals surface area (Å²) in [5.41, 5.74) is 11.3. The van der Waals surface area contributed by atoms with Gasteiger partial charge in [0, 0.05) is 52.2 Å². The van der Waals surface area contributed by atoms with Crippen LogP contribution in [0.2, 0.25) is 0 Å². The fourth-order valence-electron chi connectivity index (χ4n) is 7.34. The van der Waals surface area contributed by atoms with Crippen LogP contribution in [0.1, 0.15) is 23.6 Å². The lowest BCUT2D eigenvalue weighted by Crippen LogP contribution is -2.05. The molecule has 3 nitrogen and oxygen atoms in total. The first-order valence-corrected chi connectivity index (χ1v) is 18.5. The summed E-state index contributed by atoms with van der Waals surface area (Å²) in [6.07, 6.45) is 14.6. The van der Waals surface area contributed by atoms with Crippen LogP contribution in [0, 0.1) is 0 Å². The number of nitrogens with zero attached hydrogens (tertiary/aromatic N) is 1. The van der Waals surface area contributed by atoms with Crippen molar-refractivity contribution < 1.29 is 9.15 Å². The lowest BCUT2D eigenvalue weighted by Gasteiger charge is -2.16. The minimum absolute atomic E-state index is 0.773. The zero-order valence-corrected chi connectivity index (χ0v) is 30.5. The number of ether oxygens (including phenoxy) is 1. The van der Waals surface area contributed by atoms with Gasteiger partial charge in [-0.2, -0.15) is 4.58 Å². The van der Waals surface area contributed by atoms with E-state index in [1.54, 1.807) is 0 Å². The molecule has 7 aromatic carbocycles. The van der Waals surface area contributed by atoms with Gasteiger partial charge in [0.05, 0.1) is 0 Å². The molecule has 262 valence electrons. The topological polar surface area (TPSA) is 25.4 Å². The molecule has 0 bridgehead atoms. The van der Waals surface area contributed by atoms with Crippen LogP contribution >= 0.6 is 0 Å². The Hall–Kier alpha value is -7.23. The summed E-state index contributed by atoms with van der Waals surface area (Å²) in [6, 6.07) is 55.1. The van der Waals surface area contributed by atoms with Gasteiger partial charge in [-0.3, -0.25) is 0 Å². The van der Waals surface area contributed by atoms with Crippen molar-refractivity contribution in [3.8, 4) is 16.9 Å². The molecule has 9 rings (SSSR count). The molecular weight excluding hydrogens is 671 g/mol. The maximum Gasteiger partial charge on any atom is 0.211 e. The largest absolute Gasteiger partial charge is 0.456 e. The Kier molecular flexibility index (Phi) is 8.95. The second-order valence-corrected chi connectivity index (χ2v) is 13.6. The number of allylic oxidation sites excluding steroid dienone is 8. The quantitative estimate of drug-likeness (QED) is 0.0936. The highest BCUT2D eigenvalue weighted by molar-refractivity contribution is 6.06. The Bertz CT molecular complexity index is 2890. The average molecular weight is 709 g/mol. The number of para-hydroxylation sites is 2. The molecule has 1 aromatic heterocycles. The number of rotatable bonds is 7. The van der Waals surface area contributed by atoms with Gasteiger partial charge in [0.1, 0.15) is 22.7 Å². The highest BCUT2D eigenvalue weighted by Gasteiger charge is 2.17. The number of furan rings is 1. The zero-order valence-electron chi connectivity index (χ0n) is 30.5. The van der Waals surface area contributed by atoms with Crippen LogP contribution in [0.15, 0.2) is 205 Å². The molecule has 55 heavy (non-hydrogen) atoms. The molecular formula is C52H38NO2+. The molecule has 8 aromatic rings. The molecule has 0 saturated heterocycles. The van der Waals surface area contributed by atoms with E-state index in [-0.39, 0.29) is 0 Å². The molecule has 0 fully saturated rings. The Labute approximate surface area is 321 Å². The molecule has 0 aliphatic carbocycles. The van der Waals surface area contributed by atoms with Crippen LogP contribution < -0.4 is 9.31 Å². The van der Waals surface area contributed by atoms with E-state index in [4.69, 9.17) is 9.15 Å². The van der Waals surface area contributed by atoms with Crippen molar-refractivity contribution in [2.24, 2.45) is 0 Å². The summed E-state index contributed by atoms with van der Waals surface area (Å²) in [5, 5.41) is 4.69. The van der Waals surface area contributed by atoms with E-state index in [2.05, 4.69) is 164 Å². The predicted molar refractivity (Wildman–Crippen MR) is 233 cm³/mol. The second-order valence-electron chi connectivity index (χ2n) is 13.6. The molecule has 0 saturated carbocycles. The first-order valence-electron chi connectivity index (χ1n) is 18.5. The first-order chi connectivity index (χ1) is 27.1. The molecule has 0 radical (unpaired) electrons. The van der Waals surface area contributed by atoms with E-state index < -0.39 is 0 Å². The summed E-state index contributed by atoms with van der Waals surface area (Å²) in [5.74, 6) is 1.56. The van der Waals surface area contributed by atoms with E-state index >= 15 is 0 Å². The van der Waals surface area contributed by atoms with E-state index in [1.165, 1.54) is 21.9 Å². The van der Waals surface area contributed by atoms with Crippen LogP contribution in [0.25, 0.3) is 60.7 Å². The smallest absolute Gasteiger partial charge is 0.211 e. The molecule has 1 aliphatic heterocycles. The third-order valence-corrected chi connectivity index (χ3v) is 10.1. The molecule has 1 aliphatic rings. The maximum atomic E-state index is 6.47. The van der Waals surface area contributed by atoms with Gasteiger partial charge in [-0.1, -0.05) is 116 Å². The molecule has 0 amide bonds. The summed E-state index contributed by atoms with van der Waals surface area (Å²) in [7, 11) is 0. The van der Waals surface area contributed by atoms with Crippen molar-refractivity contribution in [3.05, 3.63) is 217 Å². The van der Waals surface area contributed by atoms with Gasteiger partial charge >= 0.3 is 0 Å². The summed E-state index contributed by atoms with van der Waals surface area (Å²) in [4.78, 5) is 0. The van der Waals surface area contributed by atoms with Crippen molar-refractivity contribution in [1.82, 2.24) is 4.58 Å². The van der Waals surface area contributed by atoms with Gasteiger partial charge in [0.2, 0.25) is 11.4 Å². The van der Waals surface area contributed by atoms with Gasteiger partial charge in [0.25, 0.3) is 0 Å². The SMILES string of the molecule is C=C1/C=C\C=C(\c2ccc([N+](=C/C=C(\C=C/C)c3ccc4oc5ccccc5c4c3)c3ccc(-c4cccc5ccccc45)cc3)cc2)Oc2ccccc21. The van der Waals surface area contributed by atoms with Crippen molar-refractivity contribution >= 4 is 67.2 Å². The minimum Gasteiger partial charge on any atom is -0.456 e. The first kappa shape index (κ1) is 33.6. The van der Waals surface area contributed by atoms with Gasteiger partial charge in [0.15, 0.2) is 6.21 Å². The van der Waals surface area contributed by atoms with Crippen LogP contribution in [-0.4, -0.2) is 6.21 Å². The van der Waals surface area contributed by atoms with Crippen molar-refractivity contribution in [2.45, 2.75) is 6.92 Å². The second kappa shape index (κ2) is 14.7. The average Bonchev–Trinajstić information content (AvgIpc) is 3.61. The molecule has 0 atom stereocenters. The molecule has 0 N–H and O–H groups in total. The van der Waals surface area contributed by atoms with E-state index in [0.29, 0.717) is 0 Å². The van der Waals surface area contributed by atoms with E-state index in [9.17, 15) is 0 Å². The van der Waals surface area contributed by atoms with Crippen LogP contribution in [0.3, 0.4) is 0 Å². The van der Waals surface area contributed by atoms with Crippen LogP contribution in [0.4, 0.5) is 11.4 Å². The van der Waals surface area contributed by atoms with Gasteiger partial charge < -0.3 is 9.15 Å². The lowest BCUT2D eigenvalue weighted by molar-refractivity contribution is 0.513. The minimum atomic E-state index is 0.773. The highest BCUT2D eigenvalue weighted by Crippen LogP contribution is 2.35. The number of hydrogen-bond donors (Lipinski definition) is 0. The van der Waals surface area contributed by atoms with E-state index in [0.717, 1.165) is 72.7 Å². The standard InChI is InChI=1S/C52H38NO2/c1-3-12-37(41-27-32-52-48(35-41)47-18-7-9-21-51(47)55-52)33-34-53(42-28-23-39(24-29-42)46-19-11-15-38-14-4-5-17-45(38)46)43-30-25-40(26-31-43)49-22-10-13-36(2)44-16-6-8-20-50(44)54-49/h3-35H,2H2,1H3/q+1/b12-3-,13-10-,37-33+,49-22-,53-34?. The number of fused-ring (bicyclic) bond motifs is 5. The Morgan fingerprint density at radius 1 is 0.618 bits per heavy atom. The number of hydrogen-bond acceptors (Lipinski definition) is 2. The summed E-state index contributed by atoms with van der Waals surface area (Å²) < 4.78 is 14.8. The van der Waals surface area contributed by atoms with Gasteiger partial charge in [-0.25, -0.2) is 0 Å². The van der Waals surface area contributed by atoms with Crippen LogP contribution in [0.5, 0.6) is 5.75 Å². The fraction of sp³-hybridized carbons (Fsp3) is 0.0192. The van der Waals surface area contributed by atoms with Crippen molar-refractivity contribution in [3.63, 3.8) is 0 Å². The maximum absolute atomic E-state index is 6.47. The van der Waals surface area contributed by atoms with E-state index in [1.807, 2.05) is 54.6 Å². The third kappa shape index (κ3) is 6.65. The van der Waals surface area contributed by atoms with Crippen molar-refractivity contribution in [2.75, 3.05) is 0 Å². The summed E-state index contributed by atoms with van der Waals surface area (Å²) >= 11 is 0. The fourth-order valence-corrected chi connectivity index (χ4v) is 7.34. The highest BCUT2D eigenvalue weighted by atomic mass is 16.5. The van der Waals surface area contributed by atoms with Gasteiger partial charge in [-0.15, -0.1) is 0 Å². The lowest BCUT2D eigenvalue weighted by atomic mass is 9.98. The summed E-state index contributed by atoms with van der Waals surface area (Å²) in [6.45, 7) is 6.27. The number of benzene rings is 7. The molecule has 0 unspecified atom stereocenters. The molecule has 0 spiro atoms. The molecule has 3 heteroatoms.